The lowest BCUT2D eigenvalue weighted by Crippen LogP contribution is -2.37. The number of H-pyrrole nitrogens is 1. The Labute approximate surface area is 156 Å². The Morgan fingerprint density at radius 3 is 3.11 bits per heavy atom. The van der Waals surface area contributed by atoms with Gasteiger partial charge in [-0.2, -0.15) is 0 Å². The van der Waals surface area contributed by atoms with Gasteiger partial charge in [-0.1, -0.05) is 18.2 Å². The summed E-state index contributed by atoms with van der Waals surface area (Å²) < 4.78 is 1.49. The second-order valence-corrected chi connectivity index (χ2v) is 6.69. The van der Waals surface area contributed by atoms with Gasteiger partial charge < -0.3 is 15.0 Å². The Balaban J connectivity index is 1.42. The third-order valence-corrected chi connectivity index (χ3v) is 4.94. The molecule has 0 saturated carbocycles. The molecular weight excluding hydrogens is 344 g/mol. The minimum atomic E-state index is -0.639. The molecule has 1 aliphatic heterocycles. The van der Waals surface area contributed by atoms with Crippen LogP contribution in [0.1, 0.15) is 37.1 Å². The van der Waals surface area contributed by atoms with Crippen molar-refractivity contribution in [1.82, 2.24) is 29.9 Å². The lowest BCUT2D eigenvalue weighted by Gasteiger charge is -2.26. The number of aliphatic hydroxyl groups excluding tert-OH is 1. The number of aromatic amines is 1. The number of pyridine rings is 1. The summed E-state index contributed by atoms with van der Waals surface area (Å²) in [5.41, 5.74) is 3.76. The fourth-order valence-electron chi connectivity index (χ4n) is 3.35. The highest BCUT2D eigenvalue weighted by Gasteiger charge is 2.20. The smallest absolute Gasteiger partial charge is 0.244 e. The highest BCUT2D eigenvalue weighted by atomic mass is 16.3. The number of nitrogens with zero attached hydrogens (tertiary/aromatic N) is 5. The molecule has 1 amide bonds. The molecule has 1 unspecified atom stereocenters. The summed E-state index contributed by atoms with van der Waals surface area (Å²) in [7, 11) is 0. The van der Waals surface area contributed by atoms with E-state index in [0.29, 0.717) is 25.2 Å². The van der Waals surface area contributed by atoms with Gasteiger partial charge >= 0.3 is 0 Å². The molecule has 1 aliphatic rings. The number of hydrogen-bond donors (Lipinski definition) is 2. The van der Waals surface area contributed by atoms with Gasteiger partial charge in [0, 0.05) is 36.4 Å². The van der Waals surface area contributed by atoms with Crippen molar-refractivity contribution in [3.8, 4) is 0 Å². The molecule has 3 aromatic heterocycles. The van der Waals surface area contributed by atoms with Crippen LogP contribution in [0.5, 0.6) is 0 Å². The number of fused-ring (bicyclic) bond motifs is 1. The monoisotopic (exact) mass is 366 g/mol. The quantitative estimate of drug-likeness (QED) is 0.718. The van der Waals surface area contributed by atoms with E-state index in [1.165, 1.54) is 10.3 Å². The zero-order valence-corrected chi connectivity index (χ0v) is 15.2. The van der Waals surface area contributed by atoms with Gasteiger partial charge in [0.15, 0.2) is 0 Å². The standard InChI is InChI=1S/C19H22N6O2/c1-2-17(26)16-11-25(23-22-16)12-18(27)24-8-5-13(6-9-24)15-10-21-19-14(15)4-3-7-20-19/h3-5,7,10-11,17,26H,2,6,8-9,12H2,1H3,(H,20,21). The molecule has 0 aliphatic carbocycles. The molecule has 0 radical (unpaired) electrons. The zero-order valence-electron chi connectivity index (χ0n) is 15.2. The first-order chi connectivity index (χ1) is 13.2. The van der Waals surface area contributed by atoms with Crippen molar-refractivity contribution in [3.05, 3.63) is 48.1 Å². The van der Waals surface area contributed by atoms with Crippen LogP contribution < -0.4 is 0 Å². The number of aliphatic hydroxyl groups is 1. The van der Waals surface area contributed by atoms with E-state index in [0.717, 1.165) is 23.0 Å². The number of aromatic nitrogens is 5. The molecule has 140 valence electrons. The maximum Gasteiger partial charge on any atom is 0.244 e. The predicted molar refractivity (Wildman–Crippen MR) is 101 cm³/mol. The number of carbonyl (C=O) groups is 1. The van der Waals surface area contributed by atoms with Crippen LogP contribution in [0.3, 0.4) is 0 Å². The van der Waals surface area contributed by atoms with Gasteiger partial charge in [0.2, 0.25) is 5.91 Å². The van der Waals surface area contributed by atoms with Crippen LogP contribution in [0.25, 0.3) is 16.6 Å². The predicted octanol–water partition coefficient (Wildman–Crippen LogP) is 1.91. The van der Waals surface area contributed by atoms with Crippen molar-refractivity contribution in [1.29, 1.82) is 0 Å². The summed E-state index contributed by atoms with van der Waals surface area (Å²) in [4.78, 5) is 21.9. The molecule has 3 aromatic rings. The van der Waals surface area contributed by atoms with E-state index in [9.17, 15) is 9.90 Å². The number of carbonyl (C=O) groups excluding carboxylic acids is 1. The molecule has 0 spiro atoms. The van der Waals surface area contributed by atoms with Crippen LogP contribution in [0.2, 0.25) is 0 Å². The lowest BCUT2D eigenvalue weighted by molar-refractivity contribution is -0.131. The summed E-state index contributed by atoms with van der Waals surface area (Å²) in [5.74, 6) is -0.00617. The van der Waals surface area contributed by atoms with E-state index in [4.69, 9.17) is 0 Å². The van der Waals surface area contributed by atoms with E-state index in [1.807, 2.05) is 24.1 Å². The fraction of sp³-hybridized carbons (Fsp3) is 0.368. The third-order valence-electron chi connectivity index (χ3n) is 4.94. The van der Waals surface area contributed by atoms with Gasteiger partial charge in [0.1, 0.15) is 17.9 Å². The first kappa shape index (κ1) is 17.4. The number of nitrogens with one attached hydrogen (secondary N) is 1. The van der Waals surface area contributed by atoms with Crippen LogP contribution in [-0.4, -0.2) is 54.0 Å². The molecule has 1 atom stereocenters. The summed E-state index contributed by atoms with van der Waals surface area (Å²) in [6, 6.07) is 3.99. The van der Waals surface area contributed by atoms with Crippen molar-refractivity contribution in [2.75, 3.05) is 13.1 Å². The molecule has 8 heteroatoms. The first-order valence-corrected chi connectivity index (χ1v) is 9.13. The minimum absolute atomic E-state index is 0.00617. The average Bonchev–Trinajstić information content (AvgIpc) is 3.34. The van der Waals surface area contributed by atoms with Crippen LogP contribution in [0, 0.1) is 0 Å². The molecular formula is C19H22N6O2. The second kappa shape index (κ2) is 7.32. The van der Waals surface area contributed by atoms with E-state index in [1.54, 1.807) is 12.4 Å². The number of amides is 1. The van der Waals surface area contributed by atoms with Crippen LogP contribution in [-0.2, 0) is 11.3 Å². The van der Waals surface area contributed by atoms with Crippen LogP contribution in [0.15, 0.2) is 36.8 Å². The van der Waals surface area contributed by atoms with Gasteiger partial charge in [0.25, 0.3) is 0 Å². The van der Waals surface area contributed by atoms with Gasteiger partial charge in [-0.15, -0.1) is 5.10 Å². The largest absolute Gasteiger partial charge is 0.387 e. The molecule has 8 nitrogen and oxygen atoms in total. The van der Waals surface area contributed by atoms with E-state index >= 15 is 0 Å². The summed E-state index contributed by atoms with van der Waals surface area (Å²) in [6.45, 7) is 3.23. The van der Waals surface area contributed by atoms with E-state index in [2.05, 4.69) is 32.4 Å². The number of rotatable bonds is 5. The Morgan fingerprint density at radius 1 is 1.44 bits per heavy atom. The second-order valence-electron chi connectivity index (χ2n) is 6.69. The van der Waals surface area contributed by atoms with Crippen molar-refractivity contribution in [2.45, 2.75) is 32.4 Å². The van der Waals surface area contributed by atoms with Gasteiger partial charge in [-0.25, -0.2) is 9.67 Å². The first-order valence-electron chi connectivity index (χ1n) is 9.13. The fourth-order valence-corrected chi connectivity index (χ4v) is 3.35. The highest BCUT2D eigenvalue weighted by Crippen LogP contribution is 2.28. The van der Waals surface area contributed by atoms with Crippen molar-refractivity contribution in [2.24, 2.45) is 0 Å². The maximum absolute atomic E-state index is 12.6. The van der Waals surface area contributed by atoms with Crippen molar-refractivity contribution >= 4 is 22.5 Å². The summed E-state index contributed by atoms with van der Waals surface area (Å²) in [5, 5.41) is 18.8. The van der Waals surface area contributed by atoms with Gasteiger partial charge in [-0.3, -0.25) is 4.79 Å². The summed E-state index contributed by atoms with van der Waals surface area (Å²) in [6.07, 6.45) is 8.21. The Morgan fingerprint density at radius 2 is 2.33 bits per heavy atom. The molecule has 4 heterocycles. The Bertz CT molecular complexity index is 989. The molecule has 0 saturated heterocycles. The average molecular weight is 366 g/mol. The Hall–Kier alpha value is -3.00. The minimum Gasteiger partial charge on any atom is -0.387 e. The Kier molecular flexibility index (Phi) is 4.72. The van der Waals surface area contributed by atoms with Gasteiger partial charge in [-0.05, 0) is 30.5 Å². The molecule has 4 rings (SSSR count). The van der Waals surface area contributed by atoms with Crippen molar-refractivity contribution < 1.29 is 9.90 Å². The number of hydrogen-bond acceptors (Lipinski definition) is 5. The third kappa shape index (κ3) is 3.48. The highest BCUT2D eigenvalue weighted by molar-refractivity contribution is 5.91. The topological polar surface area (TPSA) is 99.9 Å². The van der Waals surface area contributed by atoms with E-state index in [-0.39, 0.29) is 12.5 Å². The molecule has 2 N–H and O–H groups in total. The molecule has 0 fully saturated rings. The summed E-state index contributed by atoms with van der Waals surface area (Å²) >= 11 is 0. The van der Waals surface area contributed by atoms with Crippen LogP contribution in [0.4, 0.5) is 0 Å². The van der Waals surface area contributed by atoms with E-state index < -0.39 is 6.10 Å². The molecule has 0 bridgehead atoms. The normalized spacial score (nSPS) is 15.8. The zero-order chi connectivity index (χ0) is 18.8. The SMILES string of the molecule is CCC(O)c1cn(CC(=O)N2CC=C(c3c[nH]c4ncccc34)CC2)nn1. The van der Waals surface area contributed by atoms with Crippen LogP contribution >= 0.6 is 0 Å². The molecule has 0 aromatic carbocycles. The maximum atomic E-state index is 12.6. The lowest BCUT2D eigenvalue weighted by atomic mass is 9.99. The molecule has 27 heavy (non-hydrogen) atoms. The van der Waals surface area contributed by atoms with Gasteiger partial charge in [0.05, 0.1) is 12.3 Å². The van der Waals surface area contributed by atoms with Crippen molar-refractivity contribution in [3.63, 3.8) is 0 Å².